The summed E-state index contributed by atoms with van der Waals surface area (Å²) < 4.78 is 2.68. The summed E-state index contributed by atoms with van der Waals surface area (Å²) in [7, 11) is 0. The lowest BCUT2D eigenvalue weighted by molar-refractivity contribution is 0.240. The molecule has 5 unspecified atom stereocenters. The predicted molar refractivity (Wildman–Crippen MR) is 199 cm³/mol. The highest BCUT2D eigenvalue weighted by Gasteiger charge is 2.33. The second-order valence-electron chi connectivity index (χ2n) is 13.3. The number of benzene rings is 4. The quantitative estimate of drug-likeness (QED) is 0.181. The van der Waals surface area contributed by atoms with Crippen LogP contribution in [0.2, 0.25) is 0 Å². The van der Waals surface area contributed by atoms with E-state index in [0.717, 1.165) is 25.7 Å². The van der Waals surface area contributed by atoms with E-state index in [2.05, 4.69) is 156 Å². The summed E-state index contributed by atoms with van der Waals surface area (Å²) >= 11 is 1.89. The molecule has 0 radical (unpaired) electrons. The summed E-state index contributed by atoms with van der Waals surface area (Å²) in [5.41, 5.74) is 9.48. The Kier molecular flexibility index (Phi) is 7.60. The van der Waals surface area contributed by atoms with Crippen molar-refractivity contribution in [3.8, 4) is 0 Å². The lowest BCUT2D eigenvalue weighted by Gasteiger charge is -2.42. The molecule has 2 heterocycles. The molecule has 0 bridgehead atoms. The standard InChI is InChI=1S/C43H39N3S/c1-2-10-28(11-3-1)32-14-8-15-33(26-32)42-44-41(31-22-20-30(21-23-31)36-18-9-13-29-12-4-5-16-35(29)36)45-43(46-42)34-24-25-38-37-17-6-7-19-39(37)47-40(38)27-34/h1-7,9-14,16-17,19-20,22-27,30,36,41-46H,8,15,18,21H2. The van der Waals surface area contributed by atoms with Gasteiger partial charge in [-0.3, -0.25) is 16.0 Å². The van der Waals surface area contributed by atoms with Gasteiger partial charge in [0.05, 0.1) is 18.5 Å². The third-order valence-electron chi connectivity index (χ3n) is 10.4. The van der Waals surface area contributed by atoms with E-state index in [4.69, 9.17) is 0 Å². The van der Waals surface area contributed by atoms with E-state index in [1.54, 1.807) is 0 Å². The van der Waals surface area contributed by atoms with Gasteiger partial charge in [-0.15, -0.1) is 11.3 Å². The average molecular weight is 630 g/mol. The van der Waals surface area contributed by atoms with Crippen LogP contribution in [-0.4, -0.2) is 12.3 Å². The molecule has 3 N–H and O–H groups in total. The molecule has 0 amide bonds. The van der Waals surface area contributed by atoms with E-state index >= 15 is 0 Å². The van der Waals surface area contributed by atoms with Crippen LogP contribution in [-0.2, 0) is 0 Å². The highest BCUT2D eigenvalue weighted by Crippen LogP contribution is 2.40. The molecule has 1 aliphatic heterocycles. The van der Waals surface area contributed by atoms with E-state index in [1.807, 2.05) is 11.3 Å². The van der Waals surface area contributed by atoms with E-state index in [1.165, 1.54) is 59.1 Å². The zero-order valence-corrected chi connectivity index (χ0v) is 27.2. The molecule has 1 fully saturated rings. The summed E-state index contributed by atoms with van der Waals surface area (Å²) in [4.78, 5) is 0. The highest BCUT2D eigenvalue weighted by molar-refractivity contribution is 7.25. The Bertz CT molecular complexity index is 2110. The Hall–Kier alpha value is -4.32. The molecule has 9 rings (SSSR count). The van der Waals surface area contributed by atoms with Crippen LogP contribution < -0.4 is 16.0 Å². The van der Waals surface area contributed by atoms with Crippen LogP contribution in [0.3, 0.4) is 0 Å². The molecule has 0 saturated carbocycles. The minimum absolute atomic E-state index is 0.00947. The Morgan fingerprint density at radius 3 is 2.38 bits per heavy atom. The number of hydrogen-bond donors (Lipinski definition) is 3. The second-order valence-corrected chi connectivity index (χ2v) is 14.4. The fourth-order valence-electron chi connectivity index (χ4n) is 7.99. The molecular formula is C43H39N3S. The van der Waals surface area contributed by atoms with Crippen LogP contribution in [0.25, 0.3) is 31.8 Å². The molecule has 4 aliphatic rings. The lowest BCUT2D eigenvalue weighted by Crippen LogP contribution is -2.64. The van der Waals surface area contributed by atoms with Gasteiger partial charge in [0.2, 0.25) is 0 Å². The van der Waals surface area contributed by atoms with Crippen molar-refractivity contribution in [2.45, 2.75) is 50.1 Å². The van der Waals surface area contributed by atoms with Gasteiger partial charge in [-0.2, -0.15) is 0 Å². The fraction of sp³-hybridized carbons (Fsp3) is 0.209. The maximum atomic E-state index is 3.99. The molecule has 4 heteroatoms. The van der Waals surface area contributed by atoms with Crippen LogP contribution in [0.5, 0.6) is 0 Å². The fourth-order valence-corrected chi connectivity index (χ4v) is 9.14. The molecule has 1 aromatic heterocycles. The van der Waals surface area contributed by atoms with Gasteiger partial charge in [0.1, 0.15) is 0 Å². The third-order valence-corrected chi connectivity index (χ3v) is 11.6. The number of thiophene rings is 1. The van der Waals surface area contributed by atoms with Gasteiger partial charge >= 0.3 is 0 Å². The van der Waals surface area contributed by atoms with Gasteiger partial charge in [0, 0.05) is 20.2 Å². The van der Waals surface area contributed by atoms with Gasteiger partial charge in [0.15, 0.2) is 0 Å². The normalized spacial score (nSPS) is 25.7. The van der Waals surface area contributed by atoms with Gasteiger partial charge in [-0.05, 0) is 88.6 Å². The second kappa shape index (κ2) is 12.4. The van der Waals surface area contributed by atoms with Gasteiger partial charge in [-0.1, -0.05) is 127 Å². The first-order valence-electron chi connectivity index (χ1n) is 17.1. The van der Waals surface area contributed by atoms with Crippen molar-refractivity contribution in [3.63, 3.8) is 0 Å². The Balaban J connectivity index is 1.02. The highest BCUT2D eigenvalue weighted by atomic mass is 32.1. The summed E-state index contributed by atoms with van der Waals surface area (Å²) in [5, 5.41) is 14.6. The van der Waals surface area contributed by atoms with Crippen molar-refractivity contribution in [2.24, 2.45) is 5.92 Å². The largest absolute Gasteiger partial charge is 0.279 e. The molecule has 5 atom stereocenters. The molecule has 47 heavy (non-hydrogen) atoms. The Morgan fingerprint density at radius 2 is 1.47 bits per heavy atom. The van der Waals surface area contributed by atoms with Crippen molar-refractivity contribution < 1.29 is 0 Å². The molecule has 4 aromatic carbocycles. The Labute approximate surface area is 281 Å². The average Bonchev–Trinajstić information content (AvgIpc) is 3.53. The van der Waals surface area contributed by atoms with Crippen LogP contribution in [0.15, 0.2) is 145 Å². The maximum Gasteiger partial charge on any atom is 0.0864 e. The van der Waals surface area contributed by atoms with Crippen molar-refractivity contribution in [2.75, 3.05) is 0 Å². The van der Waals surface area contributed by atoms with Crippen LogP contribution in [0, 0.1) is 5.92 Å². The number of allylic oxidation sites excluding steroid dienone is 6. The first-order valence-corrected chi connectivity index (χ1v) is 17.9. The summed E-state index contributed by atoms with van der Waals surface area (Å²) in [6.45, 7) is 0. The topological polar surface area (TPSA) is 36.1 Å². The van der Waals surface area contributed by atoms with E-state index in [-0.39, 0.29) is 18.5 Å². The van der Waals surface area contributed by atoms with E-state index < -0.39 is 0 Å². The molecule has 3 nitrogen and oxygen atoms in total. The van der Waals surface area contributed by atoms with Crippen molar-refractivity contribution in [1.29, 1.82) is 0 Å². The first-order chi connectivity index (χ1) is 23.3. The zero-order valence-electron chi connectivity index (χ0n) is 26.4. The van der Waals surface area contributed by atoms with Gasteiger partial charge in [-0.25, -0.2) is 0 Å². The smallest absolute Gasteiger partial charge is 0.0864 e. The molecule has 0 spiro atoms. The van der Waals surface area contributed by atoms with Crippen molar-refractivity contribution in [3.05, 3.63) is 167 Å². The Morgan fingerprint density at radius 1 is 0.660 bits per heavy atom. The van der Waals surface area contributed by atoms with Crippen LogP contribution in [0.1, 0.15) is 60.0 Å². The SMILES string of the molecule is C1=Cc2ccccc2C(C2C=CC(C3NC(C4=CC(c5ccccc5)=CCC4)NC(c4ccc5c(c4)sc4ccccc45)N3)=CC2)C1. The first kappa shape index (κ1) is 28.9. The summed E-state index contributed by atoms with van der Waals surface area (Å²) in [6.07, 6.45) is 21.1. The van der Waals surface area contributed by atoms with E-state index in [0.29, 0.717) is 11.8 Å². The number of rotatable bonds is 5. The van der Waals surface area contributed by atoms with Crippen LogP contribution in [0.4, 0.5) is 0 Å². The van der Waals surface area contributed by atoms with Crippen LogP contribution >= 0.6 is 11.3 Å². The molecule has 5 aromatic rings. The molecule has 232 valence electrons. The molecular weight excluding hydrogens is 591 g/mol. The lowest BCUT2D eigenvalue weighted by atomic mass is 9.75. The van der Waals surface area contributed by atoms with E-state index in [9.17, 15) is 0 Å². The van der Waals surface area contributed by atoms with Crippen molar-refractivity contribution >= 4 is 43.2 Å². The number of hydrogen-bond acceptors (Lipinski definition) is 4. The summed E-state index contributed by atoms with van der Waals surface area (Å²) in [6, 6.07) is 35.5. The monoisotopic (exact) mass is 629 g/mol. The third kappa shape index (κ3) is 5.56. The minimum atomic E-state index is 0.00947. The van der Waals surface area contributed by atoms with Gasteiger partial charge in [0.25, 0.3) is 0 Å². The van der Waals surface area contributed by atoms with Crippen molar-refractivity contribution in [1.82, 2.24) is 16.0 Å². The maximum absolute atomic E-state index is 3.99. The predicted octanol–water partition coefficient (Wildman–Crippen LogP) is 9.99. The summed E-state index contributed by atoms with van der Waals surface area (Å²) in [5.74, 6) is 1.04. The minimum Gasteiger partial charge on any atom is -0.279 e. The van der Waals surface area contributed by atoms with Gasteiger partial charge < -0.3 is 0 Å². The number of nitrogens with one attached hydrogen (secondary N) is 3. The number of fused-ring (bicyclic) bond motifs is 4. The zero-order chi connectivity index (χ0) is 31.2. The molecule has 3 aliphatic carbocycles. The molecule has 1 saturated heterocycles.